The second kappa shape index (κ2) is 8.16. The molecular formula is C14H22N4O2. The van der Waals surface area contributed by atoms with Gasteiger partial charge in [-0.3, -0.25) is 4.79 Å². The third kappa shape index (κ3) is 5.71. The highest BCUT2D eigenvalue weighted by atomic mass is 16.4. The Balaban J connectivity index is 2.34. The Hall–Kier alpha value is -2.08. The lowest BCUT2D eigenvalue weighted by atomic mass is 10.1. The third-order valence-electron chi connectivity index (χ3n) is 2.68. The summed E-state index contributed by atoms with van der Waals surface area (Å²) < 4.78 is 0. The van der Waals surface area contributed by atoms with Crippen molar-refractivity contribution in [2.24, 2.45) is 16.8 Å². The highest BCUT2D eigenvalue weighted by Crippen LogP contribution is 2.03. The van der Waals surface area contributed by atoms with Gasteiger partial charge in [0, 0.05) is 18.7 Å². The van der Waals surface area contributed by atoms with E-state index in [1.54, 1.807) is 12.1 Å². The summed E-state index contributed by atoms with van der Waals surface area (Å²) in [5.41, 5.74) is 7.16. The Kier molecular flexibility index (Phi) is 6.52. The SMILES string of the molecule is CC(C)CNC(=O)CNCc1ccc(/C(N)=N/O)cc1. The van der Waals surface area contributed by atoms with E-state index in [0.717, 1.165) is 5.56 Å². The smallest absolute Gasteiger partial charge is 0.233 e. The molecular weight excluding hydrogens is 256 g/mol. The number of rotatable bonds is 7. The van der Waals surface area contributed by atoms with Crippen molar-refractivity contribution >= 4 is 11.7 Å². The number of nitrogens with zero attached hydrogens (tertiary/aromatic N) is 1. The number of nitrogens with one attached hydrogen (secondary N) is 2. The Labute approximate surface area is 119 Å². The van der Waals surface area contributed by atoms with Crippen molar-refractivity contribution < 1.29 is 10.0 Å². The van der Waals surface area contributed by atoms with Crippen LogP contribution < -0.4 is 16.4 Å². The maximum Gasteiger partial charge on any atom is 0.233 e. The maximum absolute atomic E-state index is 11.5. The van der Waals surface area contributed by atoms with Gasteiger partial charge >= 0.3 is 0 Å². The molecule has 6 nitrogen and oxygen atoms in total. The standard InChI is InChI=1S/C14H22N4O2/c1-10(2)7-17-13(19)9-16-8-11-3-5-12(6-4-11)14(15)18-20/h3-6,10,16,20H,7-9H2,1-2H3,(H2,15,18)(H,17,19). The van der Waals surface area contributed by atoms with E-state index >= 15 is 0 Å². The maximum atomic E-state index is 11.5. The van der Waals surface area contributed by atoms with Gasteiger partial charge in [-0.2, -0.15) is 0 Å². The van der Waals surface area contributed by atoms with Crippen LogP contribution in [0.4, 0.5) is 0 Å². The monoisotopic (exact) mass is 278 g/mol. The molecule has 1 amide bonds. The molecule has 5 N–H and O–H groups in total. The molecule has 1 rings (SSSR count). The molecule has 0 aliphatic rings. The summed E-state index contributed by atoms with van der Waals surface area (Å²) in [7, 11) is 0. The average molecular weight is 278 g/mol. The predicted molar refractivity (Wildman–Crippen MR) is 78.5 cm³/mol. The van der Waals surface area contributed by atoms with Crippen LogP contribution in [0.5, 0.6) is 0 Å². The van der Waals surface area contributed by atoms with Crippen LogP contribution in [0.25, 0.3) is 0 Å². The van der Waals surface area contributed by atoms with Gasteiger partial charge < -0.3 is 21.6 Å². The summed E-state index contributed by atoms with van der Waals surface area (Å²) >= 11 is 0. The molecule has 0 aliphatic carbocycles. The number of benzene rings is 1. The number of amidine groups is 1. The third-order valence-corrected chi connectivity index (χ3v) is 2.68. The molecule has 0 unspecified atom stereocenters. The largest absolute Gasteiger partial charge is 0.409 e. The van der Waals surface area contributed by atoms with Crippen LogP contribution in [0.2, 0.25) is 0 Å². The minimum absolute atomic E-state index is 0.00743. The minimum atomic E-state index is -0.00743. The van der Waals surface area contributed by atoms with Crippen LogP contribution in [0.15, 0.2) is 29.4 Å². The Morgan fingerprint density at radius 1 is 1.35 bits per heavy atom. The zero-order valence-electron chi connectivity index (χ0n) is 11.9. The van der Waals surface area contributed by atoms with Crippen molar-refractivity contribution in [3.8, 4) is 0 Å². The first-order chi connectivity index (χ1) is 9.52. The fraction of sp³-hybridized carbons (Fsp3) is 0.429. The summed E-state index contributed by atoms with van der Waals surface area (Å²) in [6.07, 6.45) is 0. The van der Waals surface area contributed by atoms with Crippen molar-refractivity contribution in [2.45, 2.75) is 20.4 Å². The van der Waals surface area contributed by atoms with E-state index in [2.05, 4.69) is 29.6 Å². The van der Waals surface area contributed by atoms with E-state index in [0.29, 0.717) is 24.6 Å². The normalized spacial score (nSPS) is 11.7. The van der Waals surface area contributed by atoms with Gasteiger partial charge in [-0.15, -0.1) is 0 Å². The van der Waals surface area contributed by atoms with E-state index in [9.17, 15) is 4.79 Å². The van der Waals surface area contributed by atoms with Crippen molar-refractivity contribution in [3.05, 3.63) is 35.4 Å². The molecule has 0 aromatic heterocycles. The van der Waals surface area contributed by atoms with E-state index in [-0.39, 0.29) is 18.3 Å². The molecule has 1 aromatic rings. The Bertz CT molecular complexity index is 455. The number of hydrogen-bond acceptors (Lipinski definition) is 4. The van der Waals surface area contributed by atoms with Gasteiger partial charge in [0.2, 0.25) is 5.91 Å². The lowest BCUT2D eigenvalue weighted by Crippen LogP contribution is -2.35. The molecule has 0 spiro atoms. The van der Waals surface area contributed by atoms with Gasteiger partial charge in [-0.25, -0.2) is 0 Å². The van der Waals surface area contributed by atoms with Crippen LogP contribution in [-0.4, -0.2) is 30.0 Å². The van der Waals surface area contributed by atoms with Crippen molar-refractivity contribution in [1.82, 2.24) is 10.6 Å². The number of carbonyl (C=O) groups is 1. The number of oxime groups is 1. The number of amides is 1. The molecule has 20 heavy (non-hydrogen) atoms. The minimum Gasteiger partial charge on any atom is -0.409 e. The summed E-state index contributed by atoms with van der Waals surface area (Å²) in [5.74, 6) is 0.523. The van der Waals surface area contributed by atoms with Gasteiger partial charge in [0.05, 0.1) is 6.54 Å². The second-order valence-corrected chi connectivity index (χ2v) is 4.98. The lowest BCUT2D eigenvalue weighted by Gasteiger charge is -2.09. The summed E-state index contributed by atoms with van der Waals surface area (Å²) in [5, 5.41) is 17.4. The summed E-state index contributed by atoms with van der Waals surface area (Å²) in [6, 6.07) is 7.27. The first-order valence-electron chi connectivity index (χ1n) is 6.57. The molecule has 0 saturated heterocycles. The molecule has 0 heterocycles. The molecule has 1 aromatic carbocycles. The zero-order chi connectivity index (χ0) is 15.0. The molecule has 0 bridgehead atoms. The average Bonchev–Trinajstić information content (AvgIpc) is 2.45. The first kappa shape index (κ1) is 16.0. The first-order valence-corrected chi connectivity index (χ1v) is 6.57. The predicted octanol–water partition coefficient (Wildman–Crippen LogP) is 0.643. The lowest BCUT2D eigenvalue weighted by molar-refractivity contribution is -0.120. The van der Waals surface area contributed by atoms with Crippen molar-refractivity contribution in [2.75, 3.05) is 13.1 Å². The molecule has 6 heteroatoms. The fourth-order valence-electron chi connectivity index (χ4n) is 1.55. The van der Waals surface area contributed by atoms with E-state index in [1.807, 2.05) is 12.1 Å². The fourth-order valence-corrected chi connectivity index (χ4v) is 1.55. The molecule has 0 atom stereocenters. The van der Waals surface area contributed by atoms with E-state index in [4.69, 9.17) is 10.9 Å². The van der Waals surface area contributed by atoms with Crippen LogP contribution >= 0.6 is 0 Å². The van der Waals surface area contributed by atoms with Crippen LogP contribution in [-0.2, 0) is 11.3 Å². The number of carbonyl (C=O) groups excluding carboxylic acids is 1. The van der Waals surface area contributed by atoms with E-state index in [1.165, 1.54) is 0 Å². The topological polar surface area (TPSA) is 99.7 Å². The highest BCUT2D eigenvalue weighted by molar-refractivity contribution is 5.96. The van der Waals surface area contributed by atoms with Crippen LogP contribution in [0.3, 0.4) is 0 Å². The second-order valence-electron chi connectivity index (χ2n) is 4.98. The van der Waals surface area contributed by atoms with Gasteiger partial charge in [0.25, 0.3) is 0 Å². The zero-order valence-corrected chi connectivity index (χ0v) is 11.9. The number of nitrogens with two attached hydrogens (primary N) is 1. The van der Waals surface area contributed by atoms with Gasteiger partial charge in [0.1, 0.15) is 0 Å². The van der Waals surface area contributed by atoms with Crippen molar-refractivity contribution in [1.29, 1.82) is 0 Å². The van der Waals surface area contributed by atoms with E-state index < -0.39 is 0 Å². The Morgan fingerprint density at radius 2 is 2.00 bits per heavy atom. The van der Waals surface area contributed by atoms with Crippen LogP contribution in [0.1, 0.15) is 25.0 Å². The van der Waals surface area contributed by atoms with Crippen LogP contribution in [0, 0.1) is 5.92 Å². The van der Waals surface area contributed by atoms with Gasteiger partial charge in [0.15, 0.2) is 5.84 Å². The van der Waals surface area contributed by atoms with Gasteiger partial charge in [-0.1, -0.05) is 43.3 Å². The molecule has 0 aliphatic heterocycles. The molecule has 0 fully saturated rings. The van der Waals surface area contributed by atoms with Crippen molar-refractivity contribution in [3.63, 3.8) is 0 Å². The summed E-state index contributed by atoms with van der Waals surface area (Å²) in [4.78, 5) is 11.5. The Morgan fingerprint density at radius 3 is 2.55 bits per heavy atom. The highest BCUT2D eigenvalue weighted by Gasteiger charge is 2.02. The summed E-state index contributed by atoms with van der Waals surface area (Å²) in [6.45, 7) is 5.67. The quantitative estimate of drug-likeness (QED) is 0.254. The molecule has 0 radical (unpaired) electrons. The van der Waals surface area contributed by atoms with Gasteiger partial charge in [-0.05, 0) is 11.5 Å². The number of hydrogen-bond donors (Lipinski definition) is 4. The molecule has 110 valence electrons. The molecule has 0 saturated carbocycles.